The highest BCUT2D eigenvalue weighted by molar-refractivity contribution is 7.91. The predicted octanol–water partition coefficient (Wildman–Crippen LogP) is 0.884. The third kappa shape index (κ3) is 2.89. The molecule has 5 nitrogen and oxygen atoms in total. The molecule has 0 bridgehead atoms. The Labute approximate surface area is 113 Å². The van der Waals surface area contributed by atoms with E-state index in [9.17, 15) is 13.2 Å². The number of benzene rings is 1. The normalized spacial score (nSPS) is 25.2. The van der Waals surface area contributed by atoms with Crippen LogP contribution in [0.5, 0.6) is 0 Å². The van der Waals surface area contributed by atoms with E-state index in [1.54, 1.807) is 32.0 Å². The molecule has 1 saturated heterocycles. The number of nitrogens with two attached hydrogens (primary N) is 1. The van der Waals surface area contributed by atoms with Crippen LogP contribution in [0, 0.1) is 6.92 Å². The maximum Gasteiger partial charge on any atom is 0.254 e. The molecule has 0 aliphatic carbocycles. The molecule has 1 unspecified atom stereocenters. The highest BCUT2D eigenvalue weighted by Crippen LogP contribution is 2.24. The summed E-state index contributed by atoms with van der Waals surface area (Å²) >= 11 is 0. The van der Waals surface area contributed by atoms with Crippen LogP contribution in [0.2, 0.25) is 0 Å². The minimum atomic E-state index is -3.05. The zero-order valence-corrected chi connectivity index (χ0v) is 11.9. The molecule has 2 rings (SSSR count). The second-order valence-corrected chi connectivity index (χ2v) is 7.58. The summed E-state index contributed by atoms with van der Waals surface area (Å²) in [5.41, 5.74) is 6.72. The lowest BCUT2D eigenvalue weighted by Gasteiger charge is -2.24. The molecule has 1 fully saturated rings. The molecule has 1 aromatic carbocycles. The van der Waals surface area contributed by atoms with Crippen LogP contribution in [0.15, 0.2) is 18.2 Å². The van der Waals surface area contributed by atoms with Crippen LogP contribution in [0.1, 0.15) is 29.3 Å². The van der Waals surface area contributed by atoms with Gasteiger partial charge in [0.15, 0.2) is 9.84 Å². The lowest BCUT2D eigenvalue weighted by atomic mass is 9.99. The summed E-state index contributed by atoms with van der Waals surface area (Å²) in [6.07, 6.45) is 0.437. The van der Waals surface area contributed by atoms with Gasteiger partial charge in [0, 0.05) is 5.69 Å². The summed E-state index contributed by atoms with van der Waals surface area (Å²) in [6, 6.07) is 5.25. The molecular formula is C13H18N2O3S. The van der Waals surface area contributed by atoms with Gasteiger partial charge in [-0.15, -0.1) is 0 Å². The van der Waals surface area contributed by atoms with Crippen molar-refractivity contribution in [3.8, 4) is 0 Å². The van der Waals surface area contributed by atoms with Crippen molar-refractivity contribution in [2.45, 2.75) is 25.8 Å². The van der Waals surface area contributed by atoms with Crippen molar-refractivity contribution in [2.24, 2.45) is 0 Å². The van der Waals surface area contributed by atoms with Gasteiger partial charge in [0.2, 0.25) is 0 Å². The highest BCUT2D eigenvalue weighted by Gasteiger charge is 2.39. The van der Waals surface area contributed by atoms with E-state index in [0.717, 1.165) is 5.56 Å². The molecule has 1 atom stereocenters. The molecule has 19 heavy (non-hydrogen) atoms. The van der Waals surface area contributed by atoms with E-state index in [1.165, 1.54) is 0 Å². The Bertz CT molecular complexity index is 605. The first kappa shape index (κ1) is 13.9. The first-order chi connectivity index (χ1) is 8.72. The van der Waals surface area contributed by atoms with Gasteiger partial charge >= 0.3 is 0 Å². The molecule has 0 aromatic heterocycles. The van der Waals surface area contributed by atoms with E-state index < -0.39 is 15.4 Å². The number of aryl methyl sites for hydroxylation is 1. The summed E-state index contributed by atoms with van der Waals surface area (Å²) < 4.78 is 23.0. The third-order valence-electron chi connectivity index (χ3n) is 3.45. The number of rotatable bonds is 2. The van der Waals surface area contributed by atoms with Gasteiger partial charge in [-0.3, -0.25) is 4.79 Å². The number of carbonyl (C=O) groups excluding carboxylic acids is 1. The number of sulfone groups is 1. The number of anilines is 1. The fraction of sp³-hybridized carbons (Fsp3) is 0.462. The quantitative estimate of drug-likeness (QED) is 0.788. The Balaban J connectivity index is 2.23. The predicted molar refractivity (Wildman–Crippen MR) is 74.7 cm³/mol. The average molecular weight is 282 g/mol. The van der Waals surface area contributed by atoms with Crippen molar-refractivity contribution in [2.75, 3.05) is 17.2 Å². The molecule has 3 N–H and O–H groups in total. The second-order valence-electron chi connectivity index (χ2n) is 5.40. The SMILES string of the molecule is Cc1cccc(N)c1C(=O)NC1(C)CCS(=O)(=O)C1. The zero-order chi connectivity index (χ0) is 14.3. The molecule has 0 radical (unpaired) electrons. The Morgan fingerprint density at radius 2 is 2.11 bits per heavy atom. The van der Waals surface area contributed by atoms with Crippen LogP contribution in [0.3, 0.4) is 0 Å². The van der Waals surface area contributed by atoms with E-state index in [4.69, 9.17) is 5.73 Å². The van der Waals surface area contributed by atoms with Gasteiger partial charge in [0.05, 0.1) is 22.6 Å². The third-order valence-corrected chi connectivity index (χ3v) is 5.35. The highest BCUT2D eigenvalue weighted by atomic mass is 32.2. The van der Waals surface area contributed by atoms with Gasteiger partial charge in [0.1, 0.15) is 0 Å². The number of carbonyl (C=O) groups is 1. The van der Waals surface area contributed by atoms with Crippen LogP contribution in [0.4, 0.5) is 5.69 Å². The number of amides is 1. The molecule has 1 aliphatic heterocycles. The molecule has 104 valence electrons. The van der Waals surface area contributed by atoms with Crippen LogP contribution in [-0.4, -0.2) is 31.4 Å². The molecule has 0 saturated carbocycles. The first-order valence-corrected chi connectivity index (χ1v) is 7.93. The first-order valence-electron chi connectivity index (χ1n) is 6.10. The Kier molecular flexibility index (Phi) is 3.30. The maximum atomic E-state index is 12.3. The standard InChI is InChI=1S/C13H18N2O3S/c1-9-4-3-5-10(14)11(9)12(16)15-13(2)6-7-19(17,18)8-13/h3-5H,6-8,14H2,1-2H3,(H,15,16). The number of nitrogen functional groups attached to an aromatic ring is 1. The monoisotopic (exact) mass is 282 g/mol. The Hall–Kier alpha value is -1.56. The van der Waals surface area contributed by atoms with Gasteiger partial charge in [-0.25, -0.2) is 8.42 Å². The summed E-state index contributed by atoms with van der Waals surface area (Å²) in [6.45, 7) is 3.56. The van der Waals surface area contributed by atoms with Crippen molar-refractivity contribution in [1.82, 2.24) is 5.32 Å². The van der Waals surface area contributed by atoms with Crippen molar-refractivity contribution in [3.63, 3.8) is 0 Å². The minimum absolute atomic E-state index is 0.0163. The van der Waals surface area contributed by atoms with Gasteiger partial charge in [-0.1, -0.05) is 12.1 Å². The van der Waals surface area contributed by atoms with Crippen molar-refractivity contribution >= 4 is 21.4 Å². The van der Waals surface area contributed by atoms with E-state index in [2.05, 4.69) is 5.32 Å². The van der Waals surface area contributed by atoms with Crippen molar-refractivity contribution in [3.05, 3.63) is 29.3 Å². The largest absolute Gasteiger partial charge is 0.398 e. The molecule has 6 heteroatoms. The maximum absolute atomic E-state index is 12.3. The van der Waals surface area contributed by atoms with Gasteiger partial charge in [-0.2, -0.15) is 0 Å². The van der Waals surface area contributed by atoms with Crippen LogP contribution in [-0.2, 0) is 9.84 Å². The topological polar surface area (TPSA) is 89.3 Å². The van der Waals surface area contributed by atoms with E-state index in [-0.39, 0.29) is 17.4 Å². The van der Waals surface area contributed by atoms with E-state index >= 15 is 0 Å². The molecule has 0 spiro atoms. The summed E-state index contributed by atoms with van der Waals surface area (Å²) in [4.78, 5) is 12.3. The number of hydrogen-bond donors (Lipinski definition) is 2. The van der Waals surface area contributed by atoms with Gasteiger partial charge < -0.3 is 11.1 Å². The molecule has 1 heterocycles. The lowest BCUT2D eigenvalue weighted by molar-refractivity contribution is 0.0915. The second kappa shape index (κ2) is 4.52. The Morgan fingerprint density at radius 1 is 1.42 bits per heavy atom. The minimum Gasteiger partial charge on any atom is -0.398 e. The molecule has 1 amide bonds. The summed E-state index contributed by atoms with van der Waals surface area (Å²) in [5, 5.41) is 2.81. The summed E-state index contributed by atoms with van der Waals surface area (Å²) in [5.74, 6) is -0.208. The number of hydrogen-bond acceptors (Lipinski definition) is 4. The van der Waals surface area contributed by atoms with Gasteiger partial charge in [0.25, 0.3) is 5.91 Å². The fourth-order valence-electron chi connectivity index (χ4n) is 2.45. The van der Waals surface area contributed by atoms with Crippen LogP contribution >= 0.6 is 0 Å². The smallest absolute Gasteiger partial charge is 0.254 e. The van der Waals surface area contributed by atoms with Crippen molar-refractivity contribution in [1.29, 1.82) is 0 Å². The zero-order valence-electron chi connectivity index (χ0n) is 11.1. The van der Waals surface area contributed by atoms with Crippen LogP contribution in [0.25, 0.3) is 0 Å². The van der Waals surface area contributed by atoms with E-state index in [0.29, 0.717) is 17.7 Å². The molecular weight excluding hydrogens is 264 g/mol. The molecule has 1 aliphatic rings. The number of nitrogens with one attached hydrogen (secondary N) is 1. The lowest BCUT2D eigenvalue weighted by Crippen LogP contribution is -2.47. The average Bonchev–Trinajstić information content (AvgIpc) is 2.52. The van der Waals surface area contributed by atoms with E-state index in [1.807, 2.05) is 0 Å². The van der Waals surface area contributed by atoms with Gasteiger partial charge in [-0.05, 0) is 31.9 Å². The van der Waals surface area contributed by atoms with Crippen molar-refractivity contribution < 1.29 is 13.2 Å². The van der Waals surface area contributed by atoms with Crippen LogP contribution < -0.4 is 11.1 Å². The fourth-order valence-corrected chi connectivity index (χ4v) is 4.54. The molecule has 1 aromatic rings. The Morgan fingerprint density at radius 3 is 2.63 bits per heavy atom. The summed E-state index contributed by atoms with van der Waals surface area (Å²) in [7, 11) is -3.05.